The fourth-order valence-corrected chi connectivity index (χ4v) is 7.95. The summed E-state index contributed by atoms with van der Waals surface area (Å²) in [5.74, 6) is -1.46. The van der Waals surface area contributed by atoms with Crippen LogP contribution in [0.15, 0.2) is 60.7 Å². The van der Waals surface area contributed by atoms with E-state index in [0.29, 0.717) is 57.6 Å². The molecule has 2 heterocycles. The van der Waals surface area contributed by atoms with Crippen molar-refractivity contribution >= 4 is 29.5 Å². The maximum Gasteiger partial charge on any atom is 0.255 e. The number of carbonyl (C=O) groups is 5. The minimum Gasteiger partial charge on any atom is -0.494 e. The number of benzene rings is 3. The SMILES string of the molecule is CCCCCCOc1ccc(-c2nc(C)c(C(=O)NC(CCN)C(=O)N(C)[C@@H]3C(=O)N[C@@H](C)C(=O)N[C@H](C(=O)NCC#N)Cc4ccc(OCCN)c(c4)-c4cc3ccc4OCCN)c(C)n2)cc1. The topological polar surface area (TPSA) is 292 Å². The molecule has 1 aliphatic rings. The first kappa shape index (κ1) is 52.8. The van der Waals surface area contributed by atoms with Crippen LogP contribution in [0, 0.1) is 25.2 Å². The van der Waals surface area contributed by atoms with Gasteiger partial charge in [-0.1, -0.05) is 38.3 Å². The highest BCUT2D eigenvalue weighted by molar-refractivity contribution is 6.00. The van der Waals surface area contributed by atoms with Crippen LogP contribution in [-0.2, 0) is 25.6 Å². The van der Waals surface area contributed by atoms with E-state index >= 15 is 0 Å². The molecule has 0 fully saturated rings. The number of nitrogens with one attached hydrogen (secondary N) is 4. The molecule has 0 spiro atoms. The molecule has 0 saturated heterocycles. The lowest BCUT2D eigenvalue weighted by Crippen LogP contribution is -2.56. The number of nitrogens with zero attached hydrogens (tertiary/aromatic N) is 4. The second-order valence-corrected chi connectivity index (χ2v) is 16.7. The van der Waals surface area contributed by atoms with E-state index in [4.69, 9.17) is 31.4 Å². The van der Waals surface area contributed by atoms with Crippen molar-refractivity contribution in [2.45, 2.75) is 90.4 Å². The lowest BCUT2D eigenvalue weighted by Gasteiger charge is -2.32. The molecule has 0 aliphatic carbocycles. The number of fused-ring (bicyclic) bond motifs is 5. The number of carbonyl (C=O) groups excluding carboxylic acids is 5. The molecule has 1 aromatic heterocycles. The van der Waals surface area contributed by atoms with Crippen molar-refractivity contribution in [2.24, 2.45) is 17.2 Å². The first-order valence-electron chi connectivity index (χ1n) is 23.3. The number of rotatable bonds is 21. The highest BCUT2D eigenvalue weighted by atomic mass is 16.5. The summed E-state index contributed by atoms with van der Waals surface area (Å²) in [6.07, 6.45) is 4.39. The summed E-state index contributed by atoms with van der Waals surface area (Å²) in [7, 11) is 1.41. The number of ether oxygens (including phenoxy) is 3. The molecular weight excluding hydrogens is 883 g/mol. The number of unbranched alkanes of at least 4 members (excludes halogenated alkanes) is 3. The summed E-state index contributed by atoms with van der Waals surface area (Å²) in [5, 5.41) is 19.9. The second kappa shape index (κ2) is 25.8. The van der Waals surface area contributed by atoms with Gasteiger partial charge in [0.1, 0.15) is 61.2 Å². The van der Waals surface area contributed by atoms with Crippen molar-refractivity contribution in [3.63, 3.8) is 0 Å². The van der Waals surface area contributed by atoms with Gasteiger partial charge in [-0.3, -0.25) is 24.0 Å². The summed E-state index contributed by atoms with van der Waals surface area (Å²) in [6.45, 7) is 7.95. The van der Waals surface area contributed by atoms with Gasteiger partial charge in [-0.2, -0.15) is 5.26 Å². The van der Waals surface area contributed by atoms with Crippen molar-refractivity contribution in [2.75, 3.05) is 53.0 Å². The smallest absolute Gasteiger partial charge is 0.255 e. The third-order valence-electron chi connectivity index (χ3n) is 11.5. The van der Waals surface area contributed by atoms with Crippen LogP contribution < -0.4 is 52.7 Å². The van der Waals surface area contributed by atoms with Gasteiger partial charge in [0.05, 0.1) is 29.6 Å². The van der Waals surface area contributed by atoms with Gasteiger partial charge in [-0.15, -0.1) is 0 Å². The van der Waals surface area contributed by atoms with Crippen molar-refractivity contribution in [3.05, 3.63) is 88.7 Å². The van der Waals surface area contributed by atoms with Gasteiger partial charge in [0.25, 0.3) is 5.91 Å². The fraction of sp³-hybridized carbons (Fsp3) is 0.440. The molecule has 5 rings (SSSR count). The van der Waals surface area contributed by atoms with Crippen LogP contribution in [0.2, 0.25) is 0 Å². The summed E-state index contributed by atoms with van der Waals surface area (Å²) >= 11 is 0. The van der Waals surface area contributed by atoms with Crippen molar-refractivity contribution < 1.29 is 38.2 Å². The molecule has 19 nitrogen and oxygen atoms in total. The molecule has 4 bridgehead atoms. The zero-order chi connectivity index (χ0) is 50.0. The first-order valence-corrected chi connectivity index (χ1v) is 23.3. The van der Waals surface area contributed by atoms with Crippen molar-refractivity contribution in [1.82, 2.24) is 36.1 Å². The number of aromatic nitrogens is 2. The largest absolute Gasteiger partial charge is 0.494 e. The average Bonchev–Trinajstić information content (AvgIpc) is 3.33. The molecule has 10 N–H and O–H groups in total. The maximum absolute atomic E-state index is 14.8. The first-order chi connectivity index (χ1) is 33.2. The van der Waals surface area contributed by atoms with Crippen LogP contribution in [0.1, 0.15) is 84.9 Å². The summed E-state index contributed by atoms with van der Waals surface area (Å²) in [4.78, 5) is 81.1. The maximum atomic E-state index is 14.8. The zero-order valence-electron chi connectivity index (χ0n) is 40.1. The third kappa shape index (κ3) is 14.0. The normalized spacial score (nSPS) is 16.1. The van der Waals surface area contributed by atoms with Crippen LogP contribution in [-0.4, -0.2) is 116 Å². The second-order valence-electron chi connectivity index (χ2n) is 16.7. The van der Waals surface area contributed by atoms with E-state index in [-0.39, 0.29) is 57.8 Å². The molecule has 5 amide bonds. The van der Waals surface area contributed by atoms with E-state index in [0.717, 1.165) is 30.6 Å². The molecule has 4 atom stereocenters. The van der Waals surface area contributed by atoms with Gasteiger partial charge in [-0.25, -0.2) is 9.97 Å². The lowest BCUT2D eigenvalue weighted by molar-refractivity contribution is -0.141. The molecule has 19 heteroatoms. The molecule has 0 radical (unpaired) electrons. The number of hydrogen-bond acceptors (Lipinski definition) is 14. The lowest BCUT2D eigenvalue weighted by atomic mass is 9.93. The minimum absolute atomic E-state index is 0.00106. The van der Waals surface area contributed by atoms with Crippen LogP contribution in [0.4, 0.5) is 0 Å². The van der Waals surface area contributed by atoms with Gasteiger partial charge in [-0.05, 0) is 99.8 Å². The van der Waals surface area contributed by atoms with Gasteiger partial charge in [0.2, 0.25) is 23.6 Å². The Balaban J connectivity index is 1.51. The Morgan fingerprint density at radius 3 is 2.12 bits per heavy atom. The number of aryl methyl sites for hydroxylation is 2. The molecule has 4 aromatic rings. The number of nitrogens with two attached hydrogens (primary N) is 3. The minimum atomic E-state index is -1.41. The summed E-state index contributed by atoms with van der Waals surface area (Å²) in [5.41, 5.74) is 21.2. The number of amides is 5. The van der Waals surface area contributed by atoms with Crippen molar-refractivity contribution in [3.8, 4) is 45.8 Å². The van der Waals surface area contributed by atoms with E-state index < -0.39 is 53.7 Å². The predicted molar refractivity (Wildman–Crippen MR) is 260 cm³/mol. The zero-order valence-corrected chi connectivity index (χ0v) is 40.1. The molecule has 1 aliphatic heterocycles. The Bertz CT molecular complexity index is 2450. The Hall–Kier alpha value is -7.14. The molecule has 1 unspecified atom stereocenters. The van der Waals surface area contributed by atoms with Gasteiger partial charge < -0.3 is 57.6 Å². The molecule has 0 saturated carbocycles. The van der Waals surface area contributed by atoms with Crippen LogP contribution in [0.3, 0.4) is 0 Å². The van der Waals surface area contributed by atoms with E-state index in [1.807, 2.05) is 30.3 Å². The number of nitriles is 1. The predicted octanol–water partition coefficient (Wildman–Crippen LogP) is 2.89. The Morgan fingerprint density at radius 2 is 1.49 bits per heavy atom. The highest BCUT2D eigenvalue weighted by Gasteiger charge is 2.36. The monoisotopic (exact) mass is 948 g/mol. The fourth-order valence-electron chi connectivity index (χ4n) is 7.95. The van der Waals surface area contributed by atoms with Gasteiger partial charge in [0, 0.05) is 43.2 Å². The van der Waals surface area contributed by atoms with Crippen LogP contribution in [0.5, 0.6) is 17.2 Å². The van der Waals surface area contributed by atoms with Crippen LogP contribution in [0.25, 0.3) is 22.5 Å². The van der Waals surface area contributed by atoms with Gasteiger partial charge >= 0.3 is 0 Å². The van der Waals surface area contributed by atoms with E-state index in [1.165, 1.54) is 25.3 Å². The quantitative estimate of drug-likeness (QED) is 0.0467. The summed E-state index contributed by atoms with van der Waals surface area (Å²) in [6, 6.07) is 14.4. The summed E-state index contributed by atoms with van der Waals surface area (Å²) < 4.78 is 18.1. The number of likely N-dealkylation sites (N-methyl/N-ethyl adjacent to an activating group) is 1. The third-order valence-corrected chi connectivity index (χ3v) is 11.5. The van der Waals surface area contributed by atoms with Crippen LogP contribution >= 0.6 is 0 Å². The molecular formula is C50H65N11O8. The molecule has 69 heavy (non-hydrogen) atoms. The Kier molecular flexibility index (Phi) is 19.8. The van der Waals surface area contributed by atoms with Gasteiger partial charge in [0.15, 0.2) is 5.82 Å². The Morgan fingerprint density at radius 1 is 0.841 bits per heavy atom. The molecule has 3 aromatic carbocycles. The number of hydrogen-bond donors (Lipinski definition) is 7. The van der Waals surface area contributed by atoms with Crippen molar-refractivity contribution in [1.29, 1.82) is 5.26 Å². The molecule has 368 valence electrons. The van der Waals surface area contributed by atoms with E-state index in [1.54, 1.807) is 50.2 Å². The van der Waals surface area contributed by atoms with E-state index in [2.05, 4.69) is 38.2 Å². The Labute approximate surface area is 403 Å². The average molecular weight is 948 g/mol. The van der Waals surface area contributed by atoms with E-state index in [9.17, 15) is 29.2 Å². The standard InChI is InChI=1S/C50H65N11O8/c1-6-7-8-9-24-67-36-14-11-34(12-15-36)45-56-30(2)43(31(3)57-45)48(64)59-39(18-19-51)50(66)61(5)44-35-13-17-42(69-26-22-54)38(29-35)37-27-33(10-16-41(37)68-25-21-53)28-40(47(63)55-23-20-52)60-46(62)32(4)58-49(44)65/h10-17,27,29,32,39-40,44H,6-9,18-19,21-26,28,51,53-54H2,1-5H3,(H,55,63)(H,58,65)(H,59,64)(H,60,62)/t32-,39?,40-,44-/m0/s1. The highest BCUT2D eigenvalue weighted by Crippen LogP contribution is 2.40.